The minimum absolute atomic E-state index is 0.258. The van der Waals surface area contributed by atoms with E-state index in [-0.39, 0.29) is 12.5 Å². The first-order chi connectivity index (χ1) is 15.6. The molecule has 2 amide bonds. The number of aryl methyl sites for hydroxylation is 1. The maximum atomic E-state index is 13.5. The number of sulfonamides is 1. The van der Waals surface area contributed by atoms with Gasteiger partial charge in [0.2, 0.25) is 21.8 Å². The fraction of sp³-hybridized carbons (Fsp3) is 0.417. The molecule has 0 aliphatic carbocycles. The van der Waals surface area contributed by atoms with Gasteiger partial charge in [-0.25, -0.2) is 8.42 Å². The Morgan fingerprint density at radius 1 is 1.09 bits per heavy atom. The van der Waals surface area contributed by atoms with E-state index in [4.69, 9.17) is 11.6 Å². The smallest absolute Gasteiger partial charge is 0.244 e. The fourth-order valence-corrected chi connectivity index (χ4v) is 4.70. The zero-order chi connectivity index (χ0) is 24.6. The van der Waals surface area contributed by atoms with Gasteiger partial charge in [0.25, 0.3) is 0 Å². The highest BCUT2D eigenvalue weighted by molar-refractivity contribution is 7.92. The number of carbonyl (C=O) groups excluding carboxylic acids is 2. The molecular formula is C24H32ClN3O4S. The molecule has 1 atom stereocenters. The van der Waals surface area contributed by atoms with Crippen molar-refractivity contribution in [3.8, 4) is 0 Å². The quantitative estimate of drug-likeness (QED) is 0.519. The summed E-state index contributed by atoms with van der Waals surface area (Å²) in [6, 6.07) is 13.8. The van der Waals surface area contributed by atoms with Crippen LogP contribution in [0.3, 0.4) is 0 Å². The lowest BCUT2D eigenvalue weighted by atomic mass is 10.1. The minimum atomic E-state index is -3.79. The second-order valence-corrected chi connectivity index (χ2v) is 10.2. The summed E-state index contributed by atoms with van der Waals surface area (Å²) >= 11 is 6.11. The molecule has 0 aliphatic rings. The molecule has 180 valence electrons. The molecule has 2 rings (SSSR count). The molecule has 0 aromatic heterocycles. The standard InChI is InChI=1S/C24H32ClN3O4S/c1-5-21(24(30)26-6-2)27(15-14-19-10-8-7-9-11-19)23(29)17-28(33(4,31)32)22-16-20(25)13-12-18(22)3/h7-13,16,21H,5-6,14-15,17H2,1-4H3,(H,26,30). The second-order valence-electron chi connectivity index (χ2n) is 7.84. The van der Waals surface area contributed by atoms with E-state index in [2.05, 4.69) is 5.32 Å². The van der Waals surface area contributed by atoms with E-state index in [9.17, 15) is 18.0 Å². The highest BCUT2D eigenvalue weighted by Crippen LogP contribution is 2.26. The fourth-order valence-electron chi connectivity index (χ4n) is 3.63. The molecule has 0 aliphatic heterocycles. The van der Waals surface area contributed by atoms with Crippen LogP contribution in [0.2, 0.25) is 5.02 Å². The average molecular weight is 494 g/mol. The number of rotatable bonds is 11. The number of benzene rings is 2. The van der Waals surface area contributed by atoms with Crippen molar-refractivity contribution in [2.45, 2.75) is 39.7 Å². The van der Waals surface area contributed by atoms with Crippen molar-refractivity contribution in [2.75, 3.05) is 30.2 Å². The third kappa shape index (κ3) is 7.47. The van der Waals surface area contributed by atoms with E-state index >= 15 is 0 Å². The van der Waals surface area contributed by atoms with Gasteiger partial charge in [-0.05, 0) is 49.9 Å². The molecule has 7 nitrogen and oxygen atoms in total. The Labute approximate surface area is 201 Å². The monoisotopic (exact) mass is 493 g/mol. The van der Waals surface area contributed by atoms with Crippen LogP contribution in [0.25, 0.3) is 0 Å². The lowest BCUT2D eigenvalue weighted by molar-refractivity contribution is -0.139. The van der Waals surface area contributed by atoms with E-state index in [1.807, 2.05) is 44.2 Å². The average Bonchev–Trinajstić information content (AvgIpc) is 2.76. The van der Waals surface area contributed by atoms with Crippen LogP contribution in [0.5, 0.6) is 0 Å². The number of nitrogens with one attached hydrogen (secondary N) is 1. The van der Waals surface area contributed by atoms with Gasteiger partial charge in [0.1, 0.15) is 12.6 Å². The number of amides is 2. The zero-order valence-electron chi connectivity index (χ0n) is 19.5. The summed E-state index contributed by atoms with van der Waals surface area (Å²) < 4.78 is 26.3. The van der Waals surface area contributed by atoms with Gasteiger partial charge in [-0.3, -0.25) is 13.9 Å². The van der Waals surface area contributed by atoms with Crippen LogP contribution in [0.15, 0.2) is 48.5 Å². The van der Waals surface area contributed by atoms with Crippen LogP contribution in [0.1, 0.15) is 31.4 Å². The summed E-state index contributed by atoms with van der Waals surface area (Å²) in [5.74, 6) is -0.708. The van der Waals surface area contributed by atoms with Crippen LogP contribution in [0, 0.1) is 6.92 Å². The molecule has 1 N–H and O–H groups in total. The van der Waals surface area contributed by atoms with Crippen molar-refractivity contribution >= 4 is 39.1 Å². The highest BCUT2D eigenvalue weighted by Gasteiger charge is 2.31. The number of likely N-dealkylation sites (N-methyl/N-ethyl adjacent to an activating group) is 1. The normalized spacial score (nSPS) is 12.2. The number of halogens is 1. The largest absolute Gasteiger partial charge is 0.355 e. The van der Waals surface area contributed by atoms with Gasteiger partial charge >= 0.3 is 0 Å². The molecular weight excluding hydrogens is 462 g/mol. The Morgan fingerprint density at radius 2 is 1.76 bits per heavy atom. The molecule has 0 spiro atoms. The second kappa shape index (κ2) is 12.0. The zero-order valence-corrected chi connectivity index (χ0v) is 21.1. The predicted octanol–water partition coefficient (Wildman–Crippen LogP) is 3.40. The molecule has 0 saturated heterocycles. The van der Waals surface area contributed by atoms with Crippen LogP contribution in [-0.4, -0.2) is 57.1 Å². The van der Waals surface area contributed by atoms with Crippen molar-refractivity contribution in [2.24, 2.45) is 0 Å². The molecule has 2 aromatic carbocycles. The van der Waals surface area contributed by atoms with Gasteiger partial charge in [-0.15, -0.1) is 0 Å². The summed E-state index contributed by atoms with van der Waals surface area (Å²) in [6.07, 6.45) is 2.00. The SMILES string of the molecule is CCNC(=O)C(CC)N(CCc1ccccc1)C(=O)CN(c1cc(Cl)ccc1C)S(C)(=O)=O. The molecule has 0 bridgehead atoms. The maximum Gasteiger partial charge on any atom is 0.244 e. The third-order valence-electron chi connectivity index (χ3n) is 5.34. The topological polar surface area (TPSA) is 86.8 Å². The van der Waals surface area contributed by atoms with Gasteiger partial charge in [0.15, 0.2) is 0 Å². The van der Waals surface area contributed by atoms with E-state index in [0.717, 1.165) is 16.1 Å². The van der Waals surface area contributed by atoms with Crippen molar-refractivity contribution in [3.05, 3.63) is 64.7 Å². The van der Waals surface area contributed by atoms with E-state index in [1.165, 1.54) is 11.0 Å². The van der Waals surface area contributed by atoms with Crippen molar-refractivity contribution in [1.82, 2.24) is 10.2 Å². The number of hydrogen-bond acceptors (Lipinski definition) is 4. The molecule has 0 saturated carbocycles. The Bertz CT molecular complexity index is 1060. The molecule has 2 aromatic rings. The van der Waals surface area contributed by atoms with E-state index in [0.29, 0.717) is 35.7 Å². The van der Waals surface area contributed by atoms with Crippen molar-refractivity contribution < 1.29 is 18.0 Å². The Morgan fingerprint density at radius 3 is 2.33 bits per heavy atom. The lowest BCUT2D eigenvalue weighted by Gasteiger charge is -2.33. The molecule has 1 unspecified atom stereocenters. The van der Waals surface area contributed by atoms with Crippen LogP contribution in [0.4, 0.5) is 5.69 Å². The first-order valence-electron chi connectivity index (χ1n) is 10.9. The lowest BCUT2D eigenvalue weighted by Crippen LogP contribution is -2.53. The summed E-state index contributed by atoms with van der Waals surface area (Å²) in [7, 11) is -3.79. The van der Waals surface area contributed by atoms with Crippen LogP contribution < -0.4 is 9.62 Å². The van der Waals surface area contributed by atoms with E-state index < -0.39 is 28.5 Å². The van der Waals surface area contributed by atoms with Gasteiger partial charge < -0.3 is 10.2 Å². The number of carbonyl (C=O) groups is 2. The summed E-state index contributed by atoms with van der Waals surface area (Å²) in [5, 5.41) is 3.15. The molecule has 9 heteroatoms. The van der Waals surface area contributed by atoms with Crippen LogP contribution in [-0.2, 0) is 26.0 Å². The molecule has 0 fully saturated rings. The molecule has 0 radical (unpaired) electrons. The number of anilines is 1. The first-order valence-corrected chi connectivity index (χ1v) is 13.2. The third-order valence-corrected chi connectivity index (χ3v) is 6.70. The Balaban J connectivity index is 2.39. The van der Waals surface area contributed by atoms with Crippen LogP contribution >= 0.6 is 11.6 Å². The van der Waals surface area contributed by atoms with Gasteiger partial charge in [0.05, 0.1) is 11.9 Å². The Kier molecular flexibility index (Phi) is 9.73. The van der Waals surface area contributed by atoms with Gasteiger partial charge in [-0.2, -0.15) is 0 Å². The van der Waals surface area contributed by atoms with E-state index in [1.54, 1.807) is 19.1 Å². The summed E-state index contributed by atoms with van der Waals surface area (Å²) in [4.78, 5) is 27.7. The summed E-state index contributed by atoms with van der Waals surface area (Å²) in [5.41, 5.74) is 2.03. The first kappa shape index (κ1) is 26.7. The summed E-state index contributed by atoms with van der Waals surface area (Å²) in [6.45, 7) is 5.69. The van der Waals surface area contributed by atoms with Crippen molar-refractivity contribution in [1.29, 1.82) is 0 Å². The number of nitrogens with zero attached hydrogens (tertiary/aromatic N) is 2. The minimum Gasteiger partial charge on any atom is -0.355 e. The Hall–Kier alpha value is -2.58. The van der Waals surface area contributed by atoms with Gasteiger partial charge in [-0.1, -0.05) is 54.9 Å². The maximum absolute atomic E-state index is 13.5. The predicted molar refractivity (Wildman–Crippen MR) is 133 cm³/mol. The van der Waals surface area contributed by atoms with Crippen molar-refractivity contribution in [3.63, 3.8) is 0 Å². The van der Waals surface area contributed by atoms with Gasteiger partial charge in [0, 0.05) is 18.1 Å². The highest BCUT2D eigenvalue weighted by atomic mass is 35.5. The number of hydrogen-bond donors (Lipinski definition) is 1. The molecule has 0 heterocycles. The molecule has 33 heavy (non-hydrogen) atoms.